The van der Waals surface area contributed by atoms with Crippen LogP contribution in [-0.4, -0.2) is 34.4 Å². The van der Waals surface area contributed by atoms with E-state index in [4.69, 9.17) is 4.52 Å². The molecule has 1 N–H and O–H groups in total. The van der Waals surface area contributed by atoms with Gasteiger partial charge in [0.15, 0.2) is 0 Å². The number of rotatable bonds is 2. The number of hydrogen-bond donors (Lipinski definition) is 1. The minimum atomic E-state index is -0.303. The van der Waals surface area contributed by atoms with Gasteiger partial charge in [-0.2, -0.15) is 4.98 Å². The van der Waals surface area contributed by atoms with Gasteiger partial charge in [0, 0.05) is 13.1 Å². The molecule has 1 aliphatic carbocycles. The summed E-state index contributed by atoms with van der Waals surface area (Å²) < 4.78 is 5.35. The molecule has 2 aliphatic rings. The lowest BCUT2D eigenvalue weighted by atomic mass is 10.1. The fourth-order valence-corrected chi connectivity index (χ4v) is 3.01. The number of hydrogen-bond acceptors (Lipinski definition) is 5. The summed E-state index contributed by atoms with van der Waals surface area (Å²) in [4.78, 5) is 6.71. The number of aliphatic hydroxyl groups is 1. The highest BCUT2D eigenvalue weighted by Crippen LogP contribution is 2.34. The van der Waals surface area contributed by atoms with E-state index in [-0.39, 0.29) is 12.0 Å². The molecule has 1 aromatic rings. The van der Waals surface area contributed by atoms with E-state index < -0.39 is 0 Å². The Morgan fingerprint density at radius 1 is 1.06 bits per heavy atom. The Bertz CT molecular complexity index is 385. The molecule has 2 atom stereocenters. The van der Waals surface area contributed by atoms with E-state index in [9.17, 15) is 5.11 Å². The SMILES string of the molecule is OC1CCCC1c1nc(N2CCCCCC2)no1. The molecule has 0 spiro atoms. The molecule has 100 valence electrons. The van der Waals surface area contributed by atoms with E-state index in [0.717, 1.165) is 32.4 Å². The summed E-state index contributed by atoms with van der Waals surface area (Å²) in [6.07, 6.45) is 7.56. The monoisotopic (exact) mass is 251 g/mol. The summed E-state index contributed by atoms with van der Waals surface area (Å²) >= 11 is 0. The molecule has 0 bridgehead atoms. The molecule has 2 fully saturated rings. The molecule has 1 aromatic heterocycles. The molecule has 0 aromatic carbocycles. The van der Waals surface area contributed by atoms with Crippen molar-refractivity contribution in [2.24, 2.45) is 0 Å². The van der Waals surface area contributed by atoms with Crippen molar-refractivity contribution in [3.8, 4) is 0 Å². The van der Waals surface area contributed by atoms with E-state index in [1.54, 1.807) is 0 Å². The topological polar surface area (TPSA) is 62.4 Å². The average molecular weight is 251 g/mol. The summed E-state index contributed by atoms with van der Waals surface area (Å²) in [7, 11) is 0. The van der Waals surface area contributed by atoms with Crippen LogP contribution in [0.1, 0.15) is 56.8 Å². The van der Waals surface area contributed by atoms with Crippen molar-refractivity contribution in [3.05, 3.63) is 5.89 Å². The van der Waals surface area contributed by atoms with Crippen LogP contribution in [0, 0.1) is 0 Å². The van der Waals surface area contributed by atoms with Crippen LogP contribution >= 0.6 is 0 Å². The third-order valence-electron chi connectivity index (χ3n) is 4.12. The second-order valence-corrected chi connectivity index (χ2v) is 5.44. The summed E-state index contributed by atoms with van der Waals surface area (Å²) in [5.74, 6) is 1.39. The molecule has 2 unspecified atom stereocenters. The van der Waals surface area contributed by atoms with Gasteiger partial charge in [-0.25, -0.2) is 0 Å². The molecule has 1 saturated carbocycles. The summed E-state index contributed by atoms with van der Waals surface area (Å²) in [6.45, 7) is 2.04. The van der Waals surface area contributed by atoms with Crippen LogP contribution in [-0.2, 0) is 0 Å². The van der Waals surface area contributed by atoms with Gasteiger partial charge in [0.2, 0.25) is 5.89 Å². The van der Waals surface area contributed by atoms with E-state index >= 15 is 0 Å². The zero-order valence-corrected chi connectivity index (χ0v) is 10.7. The maximum absolute atomic E-state index is 9.87. The molecule has 5 nitrogen and oxygen atoms in total. The van der Waals surface area contributed by atoms with Crippen LogP contribution in [0.2, 0.25) is 0 Å². The molecule has 5 heteroatoms. The zero-order valence-electron chi connectivity index (χ0n) is 10.7. The van der Waals surface area contributed by atoms with Crippen molar-refractivity contribution >= 4 is 5.95 Å². The Morgan fingerprint density at radius 2 is 1.83 bits per heavy atom. The van der Waals surface area contributed by atoms with Gasteiger partial charge in [-0.05, 0) is 37.3 Å². The van der Waals surface area contributed by atoms with E-state index in [1.165, 1.54) is 25.7 Å². The van der Waals surface area contributed by atoms with Gasteiger partial charge in [0.25, 0.3) is 5.95 Å². The lowest BCUT2D eigenvalue weighted by molar-refractivity contribution is 0.148. The molecular weight excluding hydrogens is 230 g/mol. The average Bonchev–Trinajstić information content (AvgIpc) is 2.91. The van der Waals surface area contributed by atoms with Crippen LogP contribution in [0.4, 0.5) is 5.95 Å². The number of nitrogens with zero attached hydrogens (tertiary/aromatic N) is 3. The van der Waals surface area contributed by atoms with Crippen molar-refractivity contribution in [3.63, 3.8) is 0 Å². The Balaban J connectivity index is 1.72. The van der Waals surface area contributed by atoms with Crippen LogP contribution in [0.3, 0.4) is 0 Å². The Hall–Kier alpha value is -1.10. The Morgan fingerprint density at radius 3 is 2.50 bits per heavy atom. The maximum Gasteiger partial charge on any atom is 0.266 e. The fourth-order valence-electron chi connectivity index (χ4n) is 3.01. The fraction of sp³-hybridized carbons (Fsp3) is 0.846. The van der Waals surface area contributed by atoms with Gasteiger partial charge in [0.05, 0.1) is 12.0 Å². The molecule has 1 aliphatic heterocycles. The summed E-state index contributed by atoms with van der Waals surface area (Å²) in [5, 5.41) is 14.0. The molecule has 0 amide bonds. The van der Waals surface area contributed by atoms with Crippen LogP contribution in [0.5, 0.6) is 0 Å². The van der Waals surface area contributed by atoms with Crippen molar-refractivity contribution < 1.29 is 9.63 Å². The first kappa shape index (κ1) is 12.0. The normalized spacial score (nSPS) is 29.5. The predicted molar refractivity (Wildman–Crippen MR) is 67.6 cm³/mol. The van der Waals surface area contributed by atoms with E-state index in [0.29, 0.717) is 11.8 Å². The summed E-state index contributed by atoms with van der Waals surface area (Å²) in [5.41, 5.74) is 0. The smallest absolute Gasteiger partial charge is 0.266 e. The minimum Gasteiger partial charge on any atom is -0.392 e. The van der Waals surface area contributed by atoms with Crippen LogP contribution in [0.25, 0.3) is 0 Å². The van der Waals surface area contributed by atoms with Crippen molar-refractivity contribution in [2.75, 3.05) is 18.0 Å². The highest BCUT2D eigenvalue weighted by atomic mass is 16.5. The molecular formula is C13H21N3O2. The van der Waals surface area contributed by atoms with Gasteiger partial charge < -0.3 is 14.5 Å². The van der Waals surface area contributed by atoms with Gasteiger partial charge in [0.1, 0.15) is 0 Å². The van der Waals surface area contributed by atoms with Crippen molar-refractivity contribution in [2.45, 2.75) is 57.0 Å². The first-order valence-electron chi connectivity index (χ1n) is 7.11. The van der Waals surface area contributed by atoms with Gasteiger partial charge >= 0.3 is 0 Å². The highest BCUT2D eigenvalue weighted by Gasteiger charge is 2.32. The lowest BCUT2D eigenvalue weighted by Crippen LogP contribution is -2.25. The zero-order chi connectivity index (χ0) is 12.4. The largest absolute Gasteiger partial charge is 0.392 e. The van der Waals surface area contributed by atoms with Gasteiger partial charge in [-0.3, -0.25) is 0 Å². The first-order chi connectivity index (χ1) is 8.84. The Labute approximate surface area is 107 Å². The summed E-state index contributed by atoms with van der Waals surface area (Å²) in [6, 6.07) is 0. The molecule has 3 rings (SSSR count). The van der Waals surface area contributed by atoms with E-state index in [1.807, 2.05) is 0 Å². The van der Waals surface area contributed by atoms with E-state index in [2.05, 4.69) is 15.0 Å². The molecule has 2 heterocycles. The lowest BCUT2D eigenvalue weighted by Gasteiger charge is -2.16. The minimum absolute atomic E-state index is 0.0539. The van der Waals surface area contributed by atoms with Crippen molar-refractivity contribution in [1.29, 1.82) is 0 Å². The third-order valence-corrected chi connectivity index (χ3v) is 4.12. The number of anilines is 1. The standard InChI is InChI=1S/C13H21N3O2/c17-11-7-5-6-10(11)12-14-13(15-18-12)16-8-3-1-2-4-9-16/h10-11,17H,1-9H2. The van der Waals surface area contributed by atoms with Crippen LogP contribution in [0.15, 0.2) is 4.52 Å². The van der Waals surface area contributed by atoms with Gasteiger partial charge in [-0.15, -0.1) is 0 Å². The second kappa shape index (κ2) is 5.26. The second-order valence-electron chi connectivity index (χ2n) is 5.44. The Kier molecular flexibility index (Phi) is 3.50. The van der Waals surface area contributed by atoms with Crippen molar-refractivity contribution in [1.82, 2.24) is 10.1 Å². The molecule has 1 saturated heterocycles. The number of aromatic nitrogens is 2. The molecule has 18 heavy (non-hydrogen) atoms. The predicted octanol–water partition coefficient (Wildman–Crippen LogP) is 2.08. The third kappa shape index (κ3) is 2.36. The van der Waals surface area contributed by atoms with Gasteiger partial charge in [-0.1, -0.05) is 12.8 Å². The maximum atomic E-state index is 9.87. The first-order valence-corrected chi connectivity index (χ1v) is 7.11. The quantitative estimate of drug-likeness (QED) is 0.872. The highest BCUT2D eigenvalue weighted by molar-refractivity contribution is 5.28. The molecule has 0 radical (unpaired) electrons. The van der Waals surface area contributed by atoms with Crippen LogP contribution < -0.4 is 4.90 Å². The number of aliphatic hydroxyl groups excluding tert-OH is 1.